The Morgan fingerprint density at radius 1 is 1.35 bits per heavy atom. The van der Waals surface area contributed by atoms with Crippen LogP contribution in [0.15, 0.2) is 18.2 Å². The fraction of sp³-hybridized carbons (Fsp3) is 0.571. The number of benzene rings is 1. The zero-order chi connectivity index (χ0) is 12.8. The second kappa shape index (κ2) is 6.60. The Morgan fingerprint density at radius 2 is 2.06 bits per heavy atom. The molecule has 0 bridgehead atoms. The van der Waals surface area contributed by atoms with Gasteiger partial charge >= 0.3 is 0 Å². The van der Waals surface area contributed by atoms with Crippen molar-refractivity contribution >= 4 is 0 Å². The first-order valence-electron chi connectivity index (χ1n) is 6.15. The number of halogens is 1. The van der Waals surface area contributed by atoms with Gasteiger partial charge in [-0.3, -0.25) is 0 Å². The summed E-state index contributed by atoms with van der Waals surface area (Å²) in [5.41, 5.74) is 0.644. The molecule has 0 heterocycles. The molecule has 1 aromatic rings. The van der Waals surface area contributed by atoms with Gasteiger partial charge in [-0.25, -0.2) is 4.39 Å². The Kier molecular flexibility index (Phi) is 5.42. The molecule has 1 rings (SSSR count). The Balaban J connectivity index is 3.07. The number of rotatable bonds is 6. The largest absolute Gasteiger partial charge is 0.496 e. The van der Waals surface area contributed by atoms with E-state index in [1.165, 1.54) is 6.07 Å². The lowest BCUT2D eigenvalue weighted by Crippen LogP contribution is -2.24. The zero-order valence-electron chi connectivity index (χ0n) is 11.1. The van der Waals surface area contributed by atoms with E-state index in [2.05, 4.69) is 19.2 Å². The first-order chi connectivity index (χ1) is 8.10. The Bertz CT molecular complexity index is 352. The number of hydrogen-bond acceptors (Lipinski definition) is 2. The second-order valence-electron chi connectivity index (χ2n) is 4.60. The summed E-state index contributed by atoms with van der Waals surface area (Å²) < 4.78 is 19.2. The van der Waals surface area contributed by atoms with Crippen LogP contribution in [0.2, 0.25) is 0 Å². The molecule has 1 N–H and O–H groups in total. The highest BCUT2D eigenvalue weighted by atomic mass is 19.1. The zero-order valence-corrected chi connectivity index (χ0v) is 11.1. The molecule has 0 fully saturated rings. The van der Waals surface area contributed by atoms with Crippen molar-refractivity contribution in [3.63, 3.8) is 0 Å². The second-order valence-corrected chi connectivity index (χ2v) is 4.60. The molecule has 0 radical (unpaired) electrons. The summed E-state index contributed by atoms with van der Waals surface area (Å²) in [6.07, 6.45) is 0.894. The molecule has 0 aliphatic carbocycles. The minimum absolute atomic E-state index is 0.0103. The normalized spacial score (nSPS) is 12.8. The van der Waals surface area contributed by atoms with Crippen molar-refractivity contribution < 1.29 is 9.13 Å². The van der Waals surface area contributed by atoms with E-state index < -0.39 is 0 Å². The van der Waals surface area contributed by atoms with Gasteiger partial charge in [0, 0.05) is 11.6 Å². The van der Waals surface area contributed by atoms with Crippen LogP contribution in [0, 0.1) is 11.7 Å². The summed E-state index contributed by atoms with van der Waals surface area (Å²) in [5, 5.41) is 3.33. The van der Waals surface area contributed by atoms with Crippen LogP contribution in [0.25, 0.3) is 0 Å². The van der Waals surface area contributed by atoms with Gasteiger partial charge in [0.05, 0.1) is 7.11 Å². The minimum Gasteiger partial charge on any atom is -0.496 e. The van der Waals surface area contributed by atoms with Crippen molar-refractivity contribution in [1.82, 2.24) is 5.32 Å². The molecule has 0 amide bonds. The number of methoxy groups -OCH3 is 1. The van der Waals surface area contributed by atoms with E-state index in [-0.39, 0.29) is 11.9 Å². The summed E-state index contributed by atoms with van der Waals surface area (Å²) in [4.78, 5) is 0. The molecule has 96 valence electrons. The quantitative estimate of drug-likeness (QED) is 0.820. The average Bonchev–Trinajstić information content (AvgIpc) is 2.27. The fourth-order valence-electron chi connectivity index (χ4n) is 2.05. The van der Waals surface area contributed by atoms with Gasteiger partial charge in [0.1, 0.15) is 11.6 Å². The van der Waals surface area contributed by atoms with E-state index in [1.807, 2.05) is 13.0 Å². The van der Waals surface area contributed by atoms with Gasteiger partial charge in [-0.1, -0.05) is 26.8 Å². The Labute approximate surface area is 103 Å². The highest BCUT2D eigenvalue weighted by Gasteiger charge is 2.20. The van der Waals surface area contributed by atoms with E-state index >= 15 is 0 Å². The summed E-state index contributed by atoms with van der Waals surface area (Å²) in [6.45, 7) is 7.12. The third kappa shape index (κ3) is 3.70. The van der Waals surface area contributed by atoms with Crippen LogP contribution in [-0.2, 0) is 0 Å². The van der Waals surface area contributed by atoms with Crippen LogP contribution in [-0.4, -0.2) is 13.7 Å². The third-order valence-electron chi connectivity index (χ3n) is 2.74. The number of nitrogens with one attached hydrogen (secondary N) is 1. The van der Waals surface area contributed by atoms with E-state index in [4.69, 9.17) is 4.74 Å². The highest BCUT2D eigenvalue weighted by Crippen LogP contribution is 2.31. The molecule has 0 aliphatic rings. The Morgan fingerprint density at radius 3 is 2.59 bits per heavy atom. The van der Waals surface area contributed by atoms with Crippen LogP contribution in [0.4, 0.5) is 4.39 Å². The summed E-state index contributed by atoms with van der Waals surface area (Å²) >= 11 is 0. The van der Waals surface area contributed by atoms with E-state index in [0.29, 0.717) is 17.2 Å². The SMILES string of the molecule is CCNC(CC(C)C)c1c(F)cccc1OC. The molecule has 1 aromatic carbocycles. The van der Waals surface area contributed by atoms with Crippen LogP contribution in [0.1, 0.15) is 38.8 Å². The Hall–Kier alpha value is -1.09. The van der Waals surface area contributed by atoms with E-state index in [9.17, 15) is 4.39 Å². The van der Waals surface area contributed by atoms with Gasteiger partial charge in [0.25, 0.3) is 0 Å². The lowest BCUT2D eigenvalue weighted by atomic mass is 9.95. The lowest BCUT2D eigenvalue weighted by Gasteiger charge is -2.22. The monoisotopic (exact) mass is 239 g/mol. The summed E-state index contributed by atoms with van der Waals surface area (Å²) in [5.74, 6) is 0.927. The molecule has 2 nitrogen and oxygen atoms in total. The number of ether oxygens (including phenoxy) is 1. The van der Waals surface area contributed by atoms with Crippen molar-refractivity contribution in [2.45, 2.75) is 33.2 Å². The molecule has 0 saturated heterocycles. The van der Waals surface area contributed by atoms with Crippen molar-refractivity contribution in [2.75, 3.05) is 13.7 Å². The van der Waals surface area contributed by atoms with Crippen molar-refractivity contribution in [3.05, 3.63) is 29.6 Å². The molecule has 0 aromatic heterocycles. The maximum absolute atomic E-state index is 13.9. The molecular formula is C14H22FNO. The molecular weight excluding hydrogens is 217 g/mol. The maximum atomic E-state index is 13.9. The van der Waals surface area contributed by atoms with E-state index in [1.54, 1.807) is 13.2 Å². The average molecular weight is 239 g/mol. The first kappa shape index (κ1) is 14.0. The predicted molar refractivity (Wildman–Crippen MR) is 68.8 cm³/mol. The summed E-state index contributed by atoms with van der Waals surface area (Å²) in [7, 11) is 1.58. The van der Waals surface area contributed by atoms with Gasteiger partial charge in [-0.05, 0) is 31.0 Å². The lowest BCUT2D eigenvalue weighted by molar-refractivity contribution is 0.372. The fourth-order valence-corrected chi connectivity index (χ4v) is 2.05. The van der Waals surface area contributed by atoms with Crippen LogP contribution >= 0.6 is 0 Å². The van der Waals surface area contributed by atoms with Crippen molar-refractivity contribution in [2.24, 2.45) is 5.92 Å². The molecule has 0 aliphatic heterocycles. The smallest absolute Gasteiger partial charge is 0.131 e. The van der Waals surface area contributed by atoms with Crippen molar-refractivity contribution in [1.29, 1.82) is 0 Å². The van der Waals surface area contributed by atoms with Crippen LogP contribution in [0.5, 0.6) is 5.75 Å². The van der Waals surface area contributed by atoms with Gasteiger partial charge in [-0.2, -0.15) is 0 Å². The predicted octanol–water partition coefficient (Wildman–Crippen LogP) is 3.53. The molecule has 1 unspecified atom stereocenters. The standard InChI is InChI=1S/C14H22FNO/c1-5-16-12(9-10(2)3)14-11(15)7-6-8-13(14)17-4/h6-8,10,12,16H,5,9H2,1-4H3. The summed E-state index contributed by atoms with van der Waals surface area (Å²) in [6, 6.07) is 4.98. The number of hydrogen-bond donors (Lipinski definition) is 1. The van der Waals surface area contributed by atoms with E-state index in [0.717, 1.165) is 13.0 Å². The van der Waals surface area contributed by atoms with Gasteiger partial charge in [-0.15, -0.1) is 0 Å². The first-order valence-corrected chi connectivity index (χ1v) is 6.15. The topological polar surface area (TPSA) is 21.3 Å². The third-order valence-corrected chi connectivity index (χ3v) is 2.74. The maximum Gasteiger partial charge on any atom is 0.131 e. The molecule has 1 atom stereocenters. The van der Waals surface area contributed by atoms with Gasteiger partial charge < -0.3 is 10.1 Å². The molecule has 3 heteroatoms. The molecule has 17 heavy (non-hydrogen) atoms. The van der Waals surface area contributed by atoms with Crippen LogP contribution < -0.4 is 10.1 Å². The minimum atomic E-state index is -0.198. The molecule has 0 saturated carbocycles. The van der Waals surface area contributed by atoms with Gasteiger partial charge in [0.2, 0.25) is 0 Å². The highest BCUT2D eigenvalue weighted by molar-refractivity contribution is 5.37. The van der Waals surface area contributed by atoms with Gasteiger partial charge in [0.15, 0.2) is 0 Å². The van der Waals surface area contributed by atoms with Crippen molar-refractivity contribution in [3.8, 4) is 5.75 Å². The van der Waals surface area contributed by atoms with Crippen LogP contribution in [0.3, 0.4) is 0 Å². The molecule has 0 spiro atoms.